The Labute approximate surface area is 168 Å². The molecule has 10 nitrogen and oxygen atoms in total. The zero-order valence-electron chi connectivity index (χ0n) is 15.4. The predicted octanol–water partition coefficient (Wildman–Crippen LogP) is 1.77. The average Bonchev–Trinajstić information content (AvgIpc) is 3.23. The molecule has 0 bridgehead atoms. The SMILES string of the molecule is Cc1cccc(-c2c(C#N)c(N)nc3sc(C(=O)Nc4c[n+](C)no4)c(N)c23)n1. The molecule has 0 aliphatic carbocycles. The largest absolute Gasteiger partial charge is 0.397 e. The zero-order chi connectivity index (χ0) is 20.7. The van der Waals surface area contributed by atoms with E-state index >= 15 is 0 Å². The van der Waals surface area contributed by atoms with E-state index in [-0.39, 0.29) is 27.8 Å². The number of nitrogens with two attached hydrogens (primary N) is 2. The van der Waals surface area contributed by atoms with Crippen LogP contribution in [0.15, 0.2) is 28.9 Å². The fourth-order valence-corrected chi connectivity index (χ4v) is 3.95. The Hall–Kier alpha value is -4.04. The lowest BCUT2D eigenvalue weighted by Crippen LogP contribution is -2.28. The van der Waals surface area contributed by atoms with E-state index in [1.165, 1.54) is 10.9 Å². The van der Waals surface area contributed by atoms with Gasteiger partial charge in [0.1, 0.15) is 27.2 Å². The first kappa shape index (κ1) is 18.3. The molecule has 4 rings (SSSR count). The molecule has 0 radical (unpaired) electrons. The Morgan fingerprint density at radius 2 is 2.14 bits per heavy atom. The third-order valence-corrected chi connectivity index (χ3v) is 5.27. The van der Waals surface area contributed by atoms with Crippen molar-refractivity contribution in [2.24, 2.45) is 7.05 Å². The van der Waals surface area contributed by atoms with Crippen LogP contribution in [0.3, 0.4) is 0 Å². The Morgan fingerprint density at radius 3 is 2.79 bits per heavy atom. The quantitative estimate of drug-likeness (QED) is 0.433. The maximum atomic E-state index is 12.7. The number of aryl methyl sites for hydroxylation is 2. The van der Waals surface area contributed by atoms with Crippen molar-refractivity contribution < 1.29 is 14.0 Å². The maximum Gasteiger partial charge on any atom is 0.302 e. The molecule has 1 amide bonds. The number of nitriles is 1. The van der Waals surface area contributed by atoms with Gasteiger partial charge >= 0.3 is 5.88 Å². The summed E-state index contributed by atoms with van der Waals surface area (Å²) in [7, 11) is 1.66. The molecule has 0 unspecified atom stereocenters. The fraction of sp³-hybridized carbons (Fsp3) is 0.111. The molecule has 4 heterocycles. The van der Waals surface area contributed by atoms with Crippen LogP contribution >= 0.6 is 11.3 Å². The highest BCUT2D eigenvalue weighted by Crippen LogP contribution is 2.42. The summed E-state index contributed by atoms with van der Waals surface area (Å²) in [5.74, 6) is -0.267. The van der Waals surface area contributed by atoms with Crippen molar-refractivity contribution in [2.75, 3.05) is 16.8 Å². The van der Waals surface area contributed by atoms with Crippen LogP contribution in [0, 0.1) is 18.3 Å². The molecule has 0 aliphatic heterocycles. The number of anilines is 3. The monoisotopic (exact) mass is 407 g/mol. The number of aromatic nitrogens is 4. The zero-order valence-corrected chi connectivity index (χ0v) is 16.2. The van der Waals surface area contributed by atoms with Crippen LogP contribution < -0.4 is 21.5 Å². The highest BCUT2D eigenvalue weighted by Gasteiger charge is 2.25. The van der Waals surface area contributed by atoms with Gasteiger partial charge in [0.15, 0.2) is 12.3 Å². The number of rotatable bonds is 3. The van der Waals surface area contributed by atoms with Gasteiger partial charge in [-0.1, -0.05) is 10.7 Å². The van der Waals surface area contributed by atoms with E-state index < -0.39 is 5.91 Å². The van der Waals surface area contributed by atoms with Gasteiger partial charge < -0.3 is 11.5 Å². The molecule has 0 aliphatic rings. The molecule has 0 spiro atoms. The lowest BCUT2D eigenvalue weighted by atomic mass is 10.0. The van der Waals surface area contributed by atoms with Gasteiger partial charge in [0.2, 0.25) is 0 Å². The van der Waals surface area contributed by atoms with Crippen molar-refractivity contribution in [2.45, 2.75) is 6.92 Å². The number of hydrogen-bond acceptors (Lipinski definition) is 9. The smallest absolute Gasteiger partial charge is 0.302 e. The standard InChI is InChI=1S/C18H14N8O2S/c1-8-4-3-5-10(22-8)12-9(6-19)16(21)24-18-13(12)14(20)15(29-18)17(27)23-11-7-26(2)25-28-11/h3-5,7H,1-2H3,(H4-,20,21,23,24,25,27)/p+1. The highest BCUT2D eigenvalue weighted by molar-refractivity contribution is 7.21. The molecule has 144 valence electrons. The lowest BCUT2D eigenvalue weighted by molar-refractivity contribution is -0.739. The number of carbonyl (C=O) groups excluding carboxylic acids is 1. The summed E-state index contributed by atoms with van der Waals surface area (Å²) in [5, 5.41) is 16.4. The van der Waals surface area contributed by atoms with Gasteiger partial charge in [0, 0.05) is 16.6 Å². The number of hydrogen-bond donors (Lipinski definition) is 3. The molecule has 11 heteroatoms. The van der Waals surface area contributed by atoms with Crippen molar-refractivity contribution in [3.63, 3.8) is 0 Å². The Morgan fingerprint density at radius 1 is 1.34 bits per heavy atom. The first-order valence-corrected chi connectivity index (χ1v) is 9.20. The summed E-state index contributed by atoms with van der Waals surface area (Å²) in [5.41, 5.74) is 14.4. The Balaban J connectivity index is 1.93. The molecule has 4 aromatic heterocycles. The molecule has 0 saturated carbocycles. The number of thiophene rings is 1. The molecule has 29 heavy (non-hydrogen) atoms. The Kier molecular flexibility index (Phi) is 4.33. The Bertz CT molecular complexity index is 1320. The van der Waals surface area contributed by atoms with E-state index in [2.05, 4.69) is 26.6 Å². The molecule has 0 fully saturated rings. The third-order valence-electron chi connectivity index (χ3n) is 4.18. The van der Waals surface area contributed by atoms with Gasteiger partial charge in [-0.2, -0.15) is 5.26 Å². The van der Waals surface area contributed by atoms with Gasteiger partial charge in [-0.25, -0.2) is 4.98 Å². The minimum absolute atomic E-state index is 0.0498. The molecule has 4 aromatic rings. The van der Waals surface area contributed by atoms with Crippen LogP contribution in [0.1, 0.15) is 20.9 Å². The van der Waals surface area contributed by atoms with E-state index in [1.807, 2.05) is 19.1 Å². The van der Waals surface area contributed by atoms with E-state index in [4.69, 9.17) is 16.0 Å². The first-order chi connectivity index (χ1) is 13.9. The number of nitrogen functional groups attached to an aromatic ring is 2. The molecule has 0 aromatic carbocycles. The van der Waals surface area contributed by atoms with Crippen molar-refractivity contribution in [3.8, 4) is 17.3 Å². The minimum atomic E-state index is -0.484. The highest BCUT2D eigenvalue weighted by atomic mass is 32.1. The van der Waals surface area contributed by atoms with Crippen molar-refractivity contribution in [3.05, 3.63) is 40.5 Å². The van der Waals surface area contributed by atoms with Gasteiger partial charge in [-0.3, -0.25) is 19.6 Å². The summed E-state index contributed by atoms with van der Waals surface area (Å²) >= 11 is 1.07. The van der Waals surface area contributed by atoms with Gasteiger partial charge in [-0.15, -0.1) is 11.3 Å². The van der Waals surface area contributed by atoms with E-state index in [0.29, 0.717) is 21.5 Å². The fourth-order valence-electron chi connectivity index (χ4n) is 2.94. The van der Waals surface area contributed by atoms with Crippen molar-refractivity contribution >= 4 is 44.9 Å². The second kappa shape index (κ2) is 6.84. The molecule has 0 saturated heterocycles. The van der Waals surface area contributed by atoms with Gasteiger partial charge in [0.05, 0.1) is 11.4 Å². The van der Waals surface area contributed by atoms with Crippen LogP contribution in [0.25, 0.3) is 21.5 Å². The van der Waals surface area contributed by atoms with Crippen LogP contribution in [0.5, 0.6) is 0 Å². The second-order valence-electron chi connectivity index (χ2n) is 6.24. The van der Waals surface area contributed by atoms with E-state index in [9.17, 15) is 10.1 Å². The normalized spacial score (nSPS) is 10.8. The predicted molar refractivity (Wildman–Crippen MR) is 107 cm³/mol. The molecular weight excluding hydrogens is 392 g/mol. The van der Waals surface area contributed by atoms with Crippen LogP contribution in [0.2, 0.25) is 0 Å². The lowest BCUT2D eigenvalue weighted by Gasteiger charge is -2.09. The van der Waals surface area contributed by atoms with Crippen LogP contribution in [-0.4, -0.2) is 21.1 Å². The maximum absolute atomic E-state index is 12.7. The summed E-state index contributed by atoms with van der Waals surface area (Å²) in [6.45, 7) is 1.84. The number of pyridine rings is 2. The average molecular weight is 407 g/mol. The van der Waals surface area contributed by atoms with Crippen LogP contribution in [0.4, 0.5) is 17.4 Å². The number of fused-ring (bicyclic) bond motifs is 1. The van der Waals surface area contributed by atoms with Gasteiger partial charge in [0.25, 0.3) is 12.1 Å². The third kappa shape index (κ3) is 3.11. The minimum Gasteiger partial charge on any atom is -0.397 e. The van der Waals surface area contributed by atoms with E-state index in [0.717, 1.165) is 17.0 Å². The van der Waals surface area contributed by atoms with Crippen LogP contribution in [-0.2, 0) is 7.05 Å². The van der Waals surface area contributed by atoms with E-state index in [1.54, 1.807) is 13.1 Å². The topological polar surface area (TPSA) is 161 Å². The number of amides is 1. The summed E-state index contributed by atoms with van der Waals surface area (Å²) in [6.07, 6.45) is 1.51. The molecular formula is C18H15N8O2S+. The molecule has 0 atom stereocenters. The van der Waals surface area contributed by atoms with Crippen molar-refractivity contribution in [1.29, 1.82) is 5.26 Å². The number of nitrogens with one attached hydrogen (secondary N) is 1. The van der Waals surface area contributed by atoms with Gasteiger partial charge in [-0.05, 0) is 19.1 Å². The number of carbonyl (C=O) groups is 1. The van der Waals surface area contributed by atoms with Crippen molar-refractivity contribution in [1.82, 2.24) is 15.2 Å². The summed E-state index contributed by atoms with van der Waals surface area (Å²) in [6, 6.07) is 7.49. The summed E-state index contributed by atoms with van der Waals surface area (Å²) < 4.78 is 6.40. The summed E-state index contributed by atoms with van der Waals surface area (Å²) in [4.78, 5) is 22.2. The second-order valence-corrected chi connectivity index (χ2v) is 7.24. The molecule has 5 N–H and O–H groups in total. The first-order valence-electron chi connectivity index (χ1n) is 8.38. The number of nitrogens with zero attached hydrogens (tertiary/aromatic N) is 5.